The minimum absolute atomic E-state index is 0.00218. The monoisotopic (exact) mass is 319 g/mol. The molecule has 0 saturated carbocycles. The molecule has 0 aromatic heterocycles. The molecule has 0 fully saturated rings. The Morgan fingerprint density at radius 2 is 1.94 bits per heavy atom. The summed E-state index contributed by atoms with van der Waals surface area (Å²) < 4.78 is 49.2. The third-order valence-electron chi connectivity index (χ3n) is 1.40. The highest BCUT2D eigenvalue weighted by atomic mass is 79.9. The van der Waals surface area contributed by atoms with Crippen molar-refractivity contribution in [1.29, 1.82) is 0 Å². The van der Waals surface area contributed by atoms with Gasteiger partial charge in [0.2, 0.25) is 5.82 Å². The highest BCUT2D eigenvalue weighted by molar-refractivity contribution is 9.10. The first-order valence-corrected chi connectivity index (χ1v) is 5.21. The van der Waals surface area contributed by atoms with Gasteiger partial charge in [0.25, 0.3) is 0 Å². The topological polar surface area (TPSA) is 43.1 Å². The van der Waals surface area contributed by atoms with Crippen LogP contribution in [0.2, 0.25) is 0 Å². The lowest BCUT2D eigenvalue weighted by Gasteiger charge is -2.07. The lowest BCUT2D eigenvalue weighted by molar-refractivity contribution is -0.390. The van der Waals surface area contributed by atoms with Crippen LogP contribution in [0.15, 0.2) is 21.5 Å². The van der Waals surface area contributed by atoms with Gasteiger partial charge in [0.1, 0.15) is 0 Å². The average Bonchev–Trinajstić information content (AvgIpc) is 1.96. The van der Waals surface area contributed by atoms with Gasteiger partial charge in [-0.05, 0) is 23.9 Å². The van der Waals surface area contributed by atoms with Crippen molar-refractivity contribution < 1.29 is 22.5 Å². The van der Waals surface area contributed by atoms with Crippen molar-refractivity contribution in [2.24, 2.45) is 0 Å². The van der Waals surface area contributed by atoms with Gasteiger partial charge < -0.3 is 0 Å². The predicted molar refractivity (Wildman–Crippen MR) is 52.7 cm³/mol. The zero-order valence-corrected chi connectivity index (χ0v) is 9.62. The number of nitro benzene ring substituents is 1. The summed E-state index contributed by atoms with van der Waals surface area (Å²) in [6.45, 7) is 0. The van der Waals surface area contributed by atoms with Crippen molar-refractivity contribution >= 4 is 33.4 Å². The number of hydrogen-bond donors (Lipinski definition) is 0. The molecule has 3 nitrogen and oxygen atoms in total. The number of alkyl halides is 3. The fourth-order valence-corrected chi connectivity index (χ4v) is 2.21. The third kappa shape index (κ3) is 3.34. The molecule has 9 heteroatoms. The second-order valence-corrected chi connectivity index (χ2v) is 4.56. The first kappa shape index (κ1) is 13.2. The Hall–Kier alpha value is -0.830. The summed E-state index contributed by atoms with van der Waals surface area (Å²) in [6, 6.07) is 1.58. The van der Waals surface area contributed by atoms with Crippen LogP contribution in [0.5, 0.6) is 0 Å². The van der Waals surface area contributed by atoms with E-state index < -0.39 is 38.6 Å². The van der Waals surface area contributed by atoms with Crippen LogP contribution in [0, 0.1) is 15.9 Å². The molecule has 0 saturated heterocycles. The predicted octanol–water partition coefficient (Wildman–Crippen LogP) is 4.11. The van der Waals surface area contributed by atoms with Crippen molar-refractivity contribution in [3.8, 4) is 0 Å². The van der Waals surface area contributed by atoms with Gasteiger partial charge >= 0.3 is 11.2 Å². The van der Waals surface area contributed by atoms with Gasteiger partial charge in [-0.3, -0.25) is 10.1 Å². The average molecular weight is 320 g/mol. The second kappa shape index (κ2) is 4.58. The molecule has 0 spiro atoms. The van der Waals surface area contributed by atoms with Gasteiger partial charge in [-0.2, -0.15) is 17.6 Å². The Morgan fingerprint density at radius 1 is 1.38 bits per heavy atom. The molecule has 0 unspecified atom stereocenters. The quantitative estimate of drug-likeness (QED) is 0.356. The van der Waals surface area contributed by atoms with Gasteiger partial charge in [0.15, 0.2) is 0 Å². The van der Waals surface area contributed by atoms with Crippen LogP contribution in [0.1, 0.15) is 0 Å². The Labute approximate surface area is 99.1 Å². The van der Waals surface area contributed by atoms with E-state index in [1.165, 1.54) is 0 Å². The van der Waals surface area contributed by atoms with Gasteiger partial charge in [-0.25, -0.2) is 0 Å². The molecule has 1 aromatic carbocycles. The molecule has 88 valence electrons. The minimum Gasteiger partial charge on any atom is -0.258 e. The summed E-state index contributed by atoms with van der Waals surface area (Å²) in [5, 5.41) is 10.4. The third-order valence-corrected chi connectivity index (χ3v) is 2.62. The van der Waals surface area contributed by atoms with Crippen LogP contribution in [0.25, 0.3) is 0 Å². The summed E-state index contributed by atoms with van der Waals surface area (Å²) in [5.74, 6) is -1.31. The number of nitro groups is 1. The number of rotatable bonds is 2. The molecule has 0 radical (unpaired) electrons. The molecule has 0 aliphatic rings. The zero-order chi connectivity index (χ0) is 12.5. The molecule has 16 heavy (non-hydrogen) atoms. The second-order valence-electron chi connectivity index (χ2n) is 2.54. The largest absolute Gasteiger partial charge is 0.446 e. The van der Waals surface area contributed by atoms with Gasteiger partial charge in [-0.15, -0.1) is 0 Å². The molecule has 0 atom stereocenters. The summed E-state index contributed by atoms with van der Waals surface area (Å²) >= 11 is 2.03. The lowest BCUT2D eigenvalue weighted by atomic mass is 10.3. The van der Waals surface area contributed by atoms with Crippen LogP contribution < -0.4 is 0 Å². The SMILES string of the molecule is O=[N+]([O-])c1c(F)cc(Br)cc1SC(F)(F)F. The van der Waals surface area contributed by atoms with Gasteiger partial charge in [0, 0.05) is 4.47 Å². The Kier molecular flexibility index (Phi) is 3.79. The standard InChI is InChI=1S/C7H2BrF4NO2S/c8-3-1-4(9)6(13(14)15)5(2-3)16-7(10,11)12/h1-2H. The molecule has 0 bridgehead atoms. The van der Waals surface area contributed by atoms with E-state index in [0.29, 0.717) is 0 Å². The summed E-state index contributed by atoms with van der Waals surface area (Å²) in [4.78, 5) is 8.44. The van der Waals surface area contributed by atoms with Crippen molar-refractivity contribution in [1.82, 2.24) is 0 Å². The Balaban J connectivity index is 3.30. The Morgan fingerprint density at radius 3 is 2.38 bits per heavy atom. The number of thioether (sulfide) groups is 1. The van der Waals surface area contributed by atoms with Crippen LogP contribution in [0.3, 0.4) is 0 Å². The maximum Gasteiger partial charge on any atom is 0.446 e. The number of hydrogen-bond acceptors (Lipinski definition) is 3. The number of nitrogens with zero attached hydrogens (tertiary/aromatic N) is 1. The summed E-state index contributed by atoms with van der Waals surface area (Å²) in [5.41, 5.74) is -5.89. The Bertz CT molecular complexity index is 437. The molecule has 0 aliphatic heterocycles. The van der Waals surface area contributed by atoms with E-state index in [-0.39, 0.29) is 4.47 Å². The van der Waals surface area contributed by atoms with E-state index in [2.05, 4.69) is 15.9 Å². The molecule has 0 aliphatic carbocycles. The maximum atomic E-state index is 13.1. The number of benzene rings is 1. The van der Waals surface area contributed by atoms with Crippen molar-refractivity contribution in [2.45, 2.75) is 10.4 Å². The normalized spacial score (nSPS) is 11.6. The van der Waals surface area contributed by atoms with Crippen molar-refractivity contribution in [3.63, 3.8) is 0 Å². The number of halogens is 5. The molecular formula is C7H2BrF4NO2S. The smallest absolute Gasteiger partial charge is 0.258 e. The fraction of sp³-hybridized carbons (Fsp3) is 0.143. The summed E-state index contributed by atoms with van der Waals surface area (Å²) in [7, 11) is 0. The van der Waals surface area contributed by atoms with Crippen molar-refractivity contribution in [2.75, 3.05) is 0 Å². The molecule has 1 rings (SSSR count). The van der Waals surface area contributed by atoms with E-state index in [0.717, 1.165) is 12.1 Å². The molecular weight excluding hydrogens is 318 g/mol. The highest BCUT2D eigenvalue weighted by Crippen LogP contribution is 2.43. The first-order valence-electron chi connectivity index (χ1n) is 3.60. The maximum absolute atomic E-state index is 13.1. The molecule has 1 aromatic rings. The molecule has 0 amide bonds. The lowest BCUT2D eigenvalue weighted by Crippen LogP contribution is -2.02. The van der Waals surface area contributed by atoms with E-state index in [1.54, 1.807) is 0 Å². The fourth-order valence-electron chi connectivity index (χ4n) is 0.922. The molecule has 0 heterocycles. The van der Waals surface area contributed by atoms with Crippen molar-refractivity contribution in [3.05, 3.63) is 32.5 Å². The van der Waals surface area contributed by atoms with Gasteiger partial charge in [0.05, 0.1) is 9.82 Å². The molecule has 0 N–H and O–H groups in total. The van der Waals surface area contributed by atoms with E-state index in [9.17, 15) is 27.7 Å². The van der Waals surface area contributed by atoms with Crippen LogP contribution in [0.4, 0.5) is 23.2 Å². The minimum atomic E-state index is -4.71. The summed E-state index contributed by atoms with van der Waals surface area (Å²) in [6.07, 6.45) is 0. The van der Waals surface area contributed by atoms with Crippen LogP contribution in [-0.2, 0) is 0 Å². The zero-order valence-electron chi connectivity index (χ0n) is 7.22. The first-order chi connectivity index (χ1) is 7.20. The highest BCUT2D eigenvalue weighted by Gasteiger charge is 2.34. The van der Waals surface area contributed by atoms with Gasteiger partial charge in [-0.1, -0.05) is 15.9 Å². The van der Waals surface area contributed by atoms with Crippen LogP contribution >= 0.6 is 27.7 Å². The van der Waals surface area contributed by atoms with E-state index >= 15 is 0 Å². The van der Waals surface area contributed by atoms with E-state index in [1.807, 2.05) is 0 Å². The van der Waals surface area contributed by atoms with Crippen LogP contribution in [-0.4, -0.2) is 10.4 Å². The van der Waals surface area contributed by atoms with E-state index in [4.69, 9.17) is 0 Å².